The Bertz CT molecular complexity index is 920. The van der Waals surface area contributed by atoms with E-state index >= 15 is 0 Å². The number of aromatic hydroxyl groups is 1. The molecule has 0 unspecified atom stereocenters. The number of nitrogens with zero attached hydrogens (tertiary/aromatic N) is 1. The molecule has 0 fully saturated rings. The fourth-order valence-electron chi connectivity index (χ4n) is 3.50. The third kappa shape index (κ3) is 3.53. The van der Waals surface area contributed by atoms with E-state index in [1.807, 2.05) is 24.3 Å². The van der Waals surface area contributed by atoms with Gasteiger partial charge in [-0.25, -0.2) is 4.79 Å². The Morgan fingerprint density at radius 3 is 2.67 bits per heavy atom. The summed E-state index contributed by atoms with van der Waals surface area (Å²) in [6.45, 7) is 5.42. The van der Waals surface area contributed by atoms with Crippen LogP contribution in [0.5, 0.6) is 5.75 Å². The number of hydrogen-bond donors (Lipinski definition) is 2. The van der Waals surface area contributed by atoms with Crippen molar-refractivity contribution in [3.05, 3.63) is 63.8 Å². The van der Waals surface area contributed by atoms with Crippen molar-refractivity contribution >= 4 is 29.3 Å². The van der Waals surface area contributed by atoms with Crippen molar-refractivity contribution < 1.29 is 19.7 Å². The SMILES string of the molecule is COCCN1C(=Cc2ccc(O)c(C(=O)O)c2)C(C)(C)c2cc(Cl)ccc21. The molecule has 27 heavy (non-hydrogen) atoms. The largest absolute Gasteiger partial charge is 0.507 e. The van der Waals surface area contributed by atoms with Crippen LogP contribution in [-0.4, -0.2) is 36.4 Å². The van der Waals surface area contributed by atoms with Crippen molar-refractivity contribution in [2.24, 2.45) is 0 Å². The Hall–Kier alpha value is -2.50. The molecule has 2 aromatic carbocycles. The molecule has 0 spiro atoms. The lowest BCUT2D eigenvalue weighted by molar-refractivity contribution is 0.0693. The van der Waals surface area contributed by atoms with Crippen LogP contribution in [0.2, 0.25) is 5.02 Å². The van der Waals surface area contributed by atoms with Gasteiger partial charge >= 0.3 is 5.97 Å². The van der Waals surface area contributed by atoms with Crippen molar-refractivity contribution in [2.45, 2.75) is 19.3 Å². The topological polar surface area (TPSA) is 70.0 Å². The molecular weight excluding hydrogens is 366 g/mol. The molecule has 1 aliphatic rings. The predicted molar refractivity (Wildman–Crippen MR) is 107 cm³/mol. The fourth-order valence-corrected chi connectivity index (χ4v) is 3.68. The highest BCUT2D eigenvalue weighted by molar-refractivity contribution is 6.30. The molecule has 5 nitrogen and oxygen atoms in total. The minimum Gasteiger partial charge on any atom is -0.507 e. The molecule has 6 heteroatoms. The van der Waals surface area contributed by atoms with Gasteiger partial charge in [0.1, 0.15) is 11.3 Å². The maximum atomic E-state index is 11.3. The lowest BCUT2D eigenvalue weighted by atomic mass is 9.83. The van der Waals surface area contributed by atoms with E-state index in [9.17, 15) is 15.0 Å². The zero-order chi connectivity index (χ0) is 19.8. The van der Waals surface area contributed by atoms with Crippen LogP contribution in [0.1, 0.15) is 35.3 Å². The summed E-state index contributed by atoms with van der Waals surface area (Å²) in [7, 11) is 1.66. The van der Waals surface area contributed by atoms with Gasteiger partial charge in [0.25, 0.3) is 0 Å². The molecule has 0 saturated heterocycles. The van der Waals surface area contributed by atoms with E-state index in [2.05, 4.69) is 18.7 Å². The number of phenols is 1. The Morgan fingerprint density at radius 1 is 1.26 bits per heavy atom. The summed E-state index contributed by atoms with van der Waals surface area (Å²) in [5, 5.41) is 19.7. The standard InChI is InChI=1S/C21H22ClNO4/c1-21(2)16-12-14(22)5-6-17(16)23(8-9-27-3)19(21)11-13-4-7-18(24)15(10-13)20(25)26/h4-7,10-12,24H,8-9H2,1-3H3,(H,25,26). The lowest BCUT2D eigenvalue weighted by Gasteiger charge is -2.27. The van der Waals surface area contributed by atoms with Crippen molar-refractivity contribution in [1.82, 2.24) is 0 Å². The van der Waals surface area contributed by atoms with E-state index < -0.39 is 5.97 Å². The summed E-state index contributed by atoms with van der Waals surface area (Å²) in [4.78, 5) is 13.5. The third-order valence-electron chi connectivity index (χ3n) is 4.93. The first-order valence-corrected chi connectivity index (χ1v) is 8.98. The van der Waals surface area contributed by atoms with E-state index in [1.54, 1.807) is 13.2 Å². The number of carboxylic acids is 1. The first-order valence-electron chi connectivity index (χ1n) is 8.60. The number of fused-ring (bicyclic) bond motifs is 1. The first-order chi connectivity index (χ1) is 12.8. The second-order valence-electron chi connectivity index (χ2n) is 7.04. The lowest BCUT2D eigenvalue weighted by Crippen LogP contribution is -2.28. The average molecular weight is 388 g/mol. The Labute approximate surface area is 163 Å². The van der Waals surface area contributed by atoms with E-state index in [0.29, 0.717) is 23.7 Å². The third-order valence-corrected chi connectivity index (χ3v) is 5.16. The molecule has 0 aromatic heterocycles. The van der Waals surface area contributed by atoms with Crippen molar-refractivity contribution in [2.75, 3.05) is 25.2 Å². The zero-order valence-corrected chi connectivity index (χ0v) is 16.2. The van der Waals surface area contributed by atoms with Gasteiger partial charge in [-0.3, -0.25) is 0 Å². The number of allylic oxidation sites excluding steroid dienone is 1. The molecule has 142 valence electrons. The number of halogens is 1. The molecule has 3 rings (SSSR count). The van der Waals surface area contributed by atoms with Gasteiger partial charge in [0.2, 0.25) is 0 Å². The Kier molecular flexibility index (Phi) is 5.18. The minimum atomic E-state index is -1.16. The van der Waals surface area contributed by atoms with Crippen LogP contribution in [0.15, 0.2) is 42.1 Å². The maximum absolute atomic E-state index is 11.3. The number of carbonyl (C=O) groups is 1. The van der Waals surface area contributed by atoms with E-state index in [1.165, 1.54) is 12.1 Å². The van der Waals surface area contributed by atoms with Gasteiger partial charge in [-0.1, -0.05) is 31.5 Å². The second kappa shape index (κ2) is 7.25. The molecule has 0 amide bonds. The highest BCUT2D eigenvalue weighted by Gasteiger charge is 2.40. The molecule has 1 aliphatic heterocycles. The normalized spacial score (nSPS) is 16.6. The molecule has 0 saturated carbocycles. The maximum Gasteiger partial charge on any atom is 0.339 e. The number of rotatable bonds is 5. The summed E-state index contributed by atoms with van der Waals surface area (Å²) in [6, 6.07) is 10.4. The molecule has 0 bridgehead atoms. The fraction of sp³-hybridized carbons (Fsp3) is 0.286. The number of anilines is 1. The van der Waals surface area contributed by atoms with Crippen molar-refractivity contribution in [3.63, 3.8) is 0 Å². The van der Waals surface area contributed by atoms with Crippen LogP contribution in [0.3, 0.4) is 0 Å². The summed E-state index contributed by atoms with van der Waals surface area (Å²) in [5.74, 6) is -1.41. The number of hydrogen-bond acceptors (Lipinski definition) is 4. The molecule has 0 radical (unpaired) electrons. The van der Waals surface area contributed by atoms with Gasteiger partial charge in [0, 0.05) is 35.5 Å². The van der Waals surface area contributed by atoms with Crippen LogP contribution in [0.4, 0.5) is 5.69 Å². The summed E-state index contributed by atoms with van der Waals surface area (Å²) < 4.78 is 5.27. The molecule has 0 atom stereocenters. The Morgan fingerprint density at radius 2 is 2.00 bits per heavy atom. The van der Waals surface area contributed by atoms with E-state index in [0.717, 1.165) is 16.9 Å². The van der Waals surface area contributed by atoms with Crippen LogP contribution < -0.4 is 4.90 Å². The average Bonchev–Trinajstić information content (AvgIpc) is 2.81. The van der Waals surface area contributed by atoms with Gasteiger partial charge in [-0.2, -0.15) is 0 Å². The number of carboxylic acid groups (broad SMARTS) is 1. The highest BCUT2D eigenvalue weighted by atomic mass is 35.5. The minimum absolute atomic E-state index is 0.121. The molecule has 2 N–H and O–H groups in total. The zero-order valence-electron chi connectivity index (χ0n) is 15.5. The van der Waals surface area contributed by atoms with Crippen LogP contribution in [0.25, 0.3) is 6.08 Å². The summed E-state index contributed by atoms with van der Waals surface area (Å²) in [5.41, 5.74) is 3.44. The first kappa shape index (κ1) is 19.3. The van der Waals surface area contributed by atoms with Crippen LogP contribution in [-0.2, 0) is 10.2 Å². The van der Waals surface area contributed by atoms with E-state index in [-0.39, 0.29) is 16.7 Å². The van der Waals surface area contributed by atoms with Crippen molar-refractivity contribution in [3.8, 4) is 5.75 Å². The van der Waals surface area contributed by atoms with Gasteiger partial charge < -0.3 is 19.8 Å². The van der Waals surface area contributed by atoms with Gasteiger partial charge in [-0.05, 0) is 47.5 Å². The van der Waals surface area contributed by atoms with Crippen LogP contribution in [0, 0.1) is 0 Å². The molecule has 2 aromatic rings. The molecule has 1 heterocycles. The summed E-state index contributed by atoms with van der Waals surface area (Å²) in [6.07, 6.45) is 1.95. The van der Waals surface area contributed by atoms with Gasteiger partial charge in [0.05, 0.1) is 6.61 Å². The number of methoxy groups -OCH3 is 1. The van der Waals surface area contributed by atoms with Crippen LogP contribution >= 0.6 is 11.6 Å². The molecule has 0 aliphatic carbocycles. The number of aromatic carboxylic acids is 1. The van der Waals surface area contributed by atoms with Gasteiger partial charge in [-0.15, -0.1) is 0 Å². The monoisotopic (exact) mass is 387 g/mol. The smallest absolute Gasteiger partial charge is 0.339 e. The number of benzene rings is 2. The summed E-state index contributed by atoms with van der Waals surface area (Å²) >= 11 is 6.23. The quantitative estimate of drug-likeness (QED) is 0.788. The predicted octanol–water partition coefficient (Wildman–Crippen LogP) is 4.53. The second-order valence-corrected chi connectivity index (χ2v) is 7.48. The molecular formula is C21H22ClNO4. The van der Waals surface area contributed by atoms with Crippen molar-refractivity contribution in [1.29, 1.82) is 0 Å². The van der Waals surface area contributed by atoms with Gasteiger partial charge in [0.15, 0.2) is 0 Å². The number of ether oxygens (including phenoxy) is 1. The Balaban J connectivity index is 2.13. The highest BCUT2D eigenvalue weighted by Crippen LogP contribution is 2.49. The van der Waals surface area contributed by atoms with E-state index in [4.69, 9.17) is 16.3 Å².